The molecule has 2 aliphatic heterocycles. The third-order valence-corrected chi connectivity index (χ3v) is 4.13. The van der Waals surface area contributed by atoms with Crippen LogP contribution in [0.15, 0.2) is 24.3 Å². The molecule has 1 N–H and O–H groups in total. The van der Waals surface area contributed by atoms with E-state index in [2.05, 4.69) is 0 Å². The summed E-state index contributed by atoms with van der Waals surface area (Å²) >= 11 is 0. The number of amides is 1. The molecule has 1 aromatic carbocycles. The van der Waals surface area contributed by atoms with Crippen LogP contribution in [0, 0.1) is 0 Å². The summed E-state index contributed by atoms with van der Waals surface area (Å²) in [6.07, 6.45) is 2.62. The first-order chi connectivity index (χ1) is 9.31. The number of aliphatic hydroxyl groups is 1. The van der Waals surface area contributed by atoms with Gasteiger partial charge in [-0.1, -0.05) is 18.2 Å². The number of ether oxygens (including phenoxy) is 1. The number of rotatable bonds is 2. The Labute approximate surface area is 113 Å². The molecule has 0 aromatic heterocycles. The van der Waals surface area contributed by atoms with Gasteiger partial charge in [0.2, 0.25) is 5.91 Å². The van der Waals surface area contributed by atoms with E-state index < -0.39 is 0 Å². The second-order valence-electron chi connectivity index (χ2n) is 5.24. The maximum Gasteiger partial charge on any atom is 0.230 e. The van der Waals surface area contributed by atoms with Crippen LogP contribution in [-0.4, -0.2) is 41.7 Å². The molecule has 2 atom stereocenters. The summed E-state index contributed by atoms with van der Waals surface area (Å²) in [6.45, 7) is 1.42. The first kappa shape index (κ1) is 12.5. The van der Waals surface area contributed by atoms with E-state index in [0.29, 0.717) is 6.61 Å². The number of aliphatic hydroxyl groups excluding tert-OH is 1. The average molecular weight is 261 g/mol. The van der Waals surface area contributed by atoms with Crippen molar-refractivity contribution in [3.8, 4) is 5.75 Å². The molecule has 0 radical (unpaired) electrons. The number of hydrogen-bond acceptors (Lipinski definition) is 3. The summed E-state index contributed by atoms with van der Waals surface area (Å²) in [5.74, 6) is 0.858. The van der Waals surface area contributed by atoms with Crippen LogP contribution in [0.2, 0.25) is 0 Å². The van der Waals surface area contributed by atoms with E-state index in [9.17, 15) is 9.90 Å². The smallest absolute Gasteiger partial charge is 0.230 e. The number of para-hydroxylation sites is 1. The van der Waals surface area contributed by atoms with Gasteiger partial charge >= 0.3 is 0 Å². The maximum absolute atomic E-state index is 12.7. The second-order valence-corrected chi connectivity index (χ2v) is 5.24. The van der Waals surface area contributed by atoms with E-state index in [0.717, 1.165) is 37.1 Å². The topological polar surface area (TPSA) is 49.8 Å². The van der Waals surface area contributed by atoms with Crippen molar-refractivity contribution in [1.29, 1.82) is 0 Å². The van der Waals surface area contributed by atoms with Crippen molar-refractivity contribution in [3.05, 3.63) is 29.8 Å². The van der Waals surface area contributed by atoms with Crippen molar-refractivity contribution in [2.75, 3.05) is 19.8 Å². The number of benzene rings is 1. The minimum atomic E-state index is -0.114. The summed E-state index contributed by atoms with van der Waals surface area (Å²) in [4.78, 5) is 14.5. The summed E-state index contributed by atoms with van der Waals surface area (Å²) in [5.41, 5.74) is 0.988. The van der Waals surface area contributed by atoms with E-state index in [1.54, 1.807) is 0 Å². The van der Waals surface area contributed by atoms with E-state index in [4.69, 9.17) is 4.74 Å². The molecule has 0 aliphatic carbocycles. The predicted octanol–water partition coefficient (Wildman–Crippen LogP) is 1.54. The highest BCUT2D eigenvalue weighted by Gasteiger charge is 2.35. The molecule has 1 fully saturated rings. The van der Waals surface area contributed by atoms with Gasteiger partial charge in [-0.2, -0.15) is 0 Å². The number of carbonyl (C=O) groups is 1. The molecule has 2 aliphatic rings. The molecule has 1 unspecified atom stereocenters. The third kappa shape index (κ3) is 2.21. The van der Waals surface area contributed by atoms with Crippen molar-refractivity contribution in [2.45, 2.75) is 31.2 Å². The van der Waals surface area contributed by atoms with Crippen LogP contribution in [0.3, 0.4) is 0 Å². The lowest BCUT2D eigenvalue weighted by Gasteiger charge is -2.31. The zero-order valence-electron chi connectivity index (χ0n) is 10.9. The quantitative estimate of drug-likeness (QED) is 0.878. The van der Waals surface area contributed by atoms with E-state index in [-0.39, 0.29) is 24.5 Å². The maximum atomic E-state index is 12.7. The van der Waals surface area contributed by atoms with Gasteiger partial charge in [-0.25, -0.2) is 0 Å². The number of fused-ring (bicyclic) bond motifs is 1. The Morgan fingerprint density at radius 3 is 3.05 bits per heavy atom. The van der Waals surface area contributed by atoms with Crippen LogP contribution >= 0.6 is 0 Å². The summed E-state index contributed by atoms with van der Waals surface area (Å²) < 4.78 is 5.60. The van der Waals surface area contributed by atoms with Crippen LogP contribution in [0.25, 0.3) is 0 Å². The van der Waals surface area contributed by atoms with E-state index in [1.165, 1.54) is 0 Å². The van der Waals surface area contributed by atoms with Gasteiger partial charge in [0.1, 0.15) is 5.75 Å². The molecule has 0 spiro atoms. The number of hydrogen-bond donors (Lipinski definition) is 1. The summed E-state index contributed by atoms with van der Waals surface area (Å²) in [7, 11) is 0. The van der Waals surface area contributed by atoms with Gasteiger partial charge in [0.15, 0.2) is 0 Å². The number of carbonyl (C=O) groups excluding carboxylic acids is 1. The molecule has 1 saturated heterocycles. The van der Waals surface area contributed by atoms with Crippen molar-refractivity contribution in [1.82, 2.24) is 4.90 Å². The molecular weight excluding hydrogens is 242 g/mol. The van der Waals surface area contributed by atoms with Crippen LogP contribution in [-0.2, 0) is 4.79 Å². The normalized spacial score (nSPS) is 25.8. The molecule has 3 rings (SSSR count). The fourth-order valence-corrected chi connectivity index (χ4v) is 3.11. The monoisotopic (exact) mass is 261 g/mol. The Bertz CT molecular complexity index is 474. The Morgan fingerprint density at radius 2 is 2.21 bits per heavy atom. The third-order valence-electron chi connectivity index (χ3n) is 4.13. The van der Waals surface area contributed by atoms with Crippen LogP contribution < -0.4 is 4.74 Å². The zero-order chi connectivity index (χ0) is 13.2. The minimum Gasteiger partial charge on any atom is -0.493 e. The van der Waals surface area contributed by atoms with Crippen molar-refractivity contribution in [2.24, 2.45) is 0 Å². The van der Waals surface area contributed by atoms with E-state index in [1.807, 2.05) is 29.2 Å². The lowest BCUT2D eigenvalue weighted by atomic mass is 9.91. The lowest BCUT2D eigenvalue weighted by molar-refractivity contribution is -0.135. The SMILES string of the molecule is O=C(C1CCOc2ccccc21)N1CCC[C@@H]1CO. The average Bonchev–Trinajstić information content (AvgIpc) is 2.94. The minimum absolute atomic E-state index is 0.00232. The van der Waals surface area contributed by atoms with Gasteiger partial charge in [0.25, 0.3) is 0 Å². The molecule has 4 heteroatoms. The Balaban J connectivity index is 1.85. The molecule has 4 nitrogen and oxygen atoms in total. The highest BCUT2D eigenvalue weighted by molar-refractivity contribution is 5.85. The first-order valence-corrected chi connectivity index (χ1v) is 6.94. The zero-order valence-corrected chi connectivity index (χ0v) is 10.9. The van der Waals surface area contributed by atoms with Crippen molar-refractivity contribution < 1.29 is 14.6 Å². The fraction of sp³-hybridized carbons (Fsp3) is 0.533. The first-order valence-electron chi connectivity index (χ1n) is 6.94. The molecular formula is C15H19NO3. The fourth-order valence-electron chi connectivity index (χ4n) is 3.11. The highest BCUT2D eigenvalue weighted by atomic mass is 16.5. The van der Waals surface area contributed by atoms with Gasteiger partial charge in [0.05, 0.1) is 25.2 Å². The molecule has 2 heterocycles. The van der Waals surface area contributed by atoms with Crippen molar-refractivity contribution in [3.63, 3.8) is 0 Å². The lowest BCUT2D eigenvalue weighted by Crippen LogP contribution is -2.41. The molecule has 19 heavy (non-hydrogen) atoms. The summed E-state index contributed by atoms with van der Waals surface area (Å²) in [5, 5.41) is 9.36. The van der Waals surface area contributed by atoms with Crippen LogP contribution in [0.5, 0.6) is 5.75 Å². The van der Waals surface area contributed by atoms with E-state index >= 15 is 0 Å². The number of nitrogens with zero attached hydrogens (tertiary/aromatic N) is 1. The van der Waals surface area contributed by atoms with Gasteiger partial charge in [-0.3, -0.25) is 4.79 Å². The Hall–Kier alpha value is -1.55. The Morgan fingerprint density at radius 1 is 1.37 bits per heavy atom. The van der Waals surface area contributed by atoms with Crippen LogP contribution in [0.4, 0.5) is 0 Å². The van der Waals surface area contributed by atoms with Crippen LogP contribution in [0.1, 0.15) is 30.7 Å². The summed E-state index contributed by atoms with van der Waals surface area (Å²) in [6, 6.07) is 7.77. The molecule has 0 bridgehead atoms. The van der Waals surface area contributed by atoms with Crippen molar-refractivity contribution >= 4 is 5.91 Å². The largest absolute Gasteiger partial charge is 0.493 e. The van der Waals surface area contributed by atoms with Gasteiger partial charge < -0.3 is 14.7 Å². The highest BCUT2D eigenvalue weighted by Crippen LogP contribution is 2.35. The van der Waals surface area contributed by atoms with Gasteiger partial charge in [0, 0.05) is 12.1 Å². The molecule has 0 saturated carbocycles. The van der Waals surface area contributed by atoms with Gasteiger partial charge in [-0.05, 0) is 25.3 Å². The number of likely N-dealkylation sites (tertiary alicyclic amines) is 1. The Kier molecular flexibility index (Phi) is 3.42. The van der Waals surface area contributed by atoms with Gasteiger partial charge in [-0.15, -0.1) is 0 Å². The second kappa shape index (κ2) is 5.21. The molecule has 1 aromatic rings. The molecule has 1 amide bonds. The predicted molar refractivity (Wildman–Crippen MR) is 71.1 cm³/mol. The standard InChI is InChI=1S/C15H19NO3/c17-10-11-4-3-8-16(11)15(18)13-7-9-19-14-6-2-1-5-12(13)14/h1-2,5-6,11,13,17H,3-4,7-10H2/t11-,13?/m1/s1. The molecule has 102 valence electrons.